The number of rotatable bonds is 6. The van der Waals surface area contributed by atoms with Crippen LogP contribution in [0, 0.1) is 0 Å². The van der Waals surface area contributed by atoms with Crippen LogP contribution >= 0.6 is 10.0 Å². The molecule has 0 saturated carbocycles. The number of amides is 1. The monoisotopic (exact) mass is 364 g/mol. The molecule has 2 N–H and O–H groups in total. The van der Waals surface area contributed by atoms with Crippen LogP contribution in [0.5, 0.6) is 0 Å². The quantitative estimate of drug-likeness (QED) is 0.752. The standard InChI is InChI=1S/C20H32N2O2S/c1-14(24-20(2,3)4)22-18-11-9-15-12-16(8-10-17(15)18)19(23)21-13-25(5,6)7/h8,10,12,18,22H,1,9,11,13H2,2-7H3,(H,21,23). The van der Waals surface area contributed by atoms with Crippen LogP contribution in [-0.2, 0) is 11.2 Å². The van der Waals surface area contributed by atoms with Crippen molar-refractivity contribution in [2.24, 2.45) is 0 Å². The van der Waals surface area contributed by atoms with Crippen molar-refractivity contribution in [2.45, 2.75) is 45.3 Å². The normalized spacial score (nSPS) is 17.6. The Morgan fingerprint density at radius 2 is 2.00 bits per heavy atom. The zero-order valence-corrected chi connectivity index (χ0v) is 17.2. The van der Waals surface area contributed by atoms with Gasteiger partial charge in [0.15, 0.2) is 5.88 Å². The maximum absolute atomic E-state index is 12.4. The topological polar surface area (TPSA) is 50.4 Å². The summed E-state index contributed by atoms with van der Waals surface area (Å²) in [4.78, 5) is 12.4. The second-order valence-electron chi connectivity index (χ2n) is 8.53. The number of hydrogen-bond donors (Lipinski definition) is 2. The van der Waals surface area contributed by atoms with Gasteiger partial charge in [-0.25, -0.2) is 10.0 Å². The molecule has 0 spiro atoms. The van der Waals surface area contributed by atoms with E-state index in [2.05, 4.69) is 42.0 Å². The Morgan fingerprint density at radius 1 is 1.32 bits per heavy atom. The van der Waals surface area contributed by atoms with Gasteiger partial charge in [-0.2, -0.15) is 0 Å². The summed E-state index contributed by atoms with van der Waals surface area (Å²) in [5, 5.41) is 6.42. The number of carbonyl (C=O) groups is 1. The largest absolute Gasteiger partial charge is 0.474 e. The van der Waals surface area contributed by atoms with Gasteiger partial charge in [-0.15, -0.1) is 0 Å². The van der Waals surface area contributed by atoms with E-state index in [4.69, 9.17) is 4.74 Å². The molecule has 1 aliphatic carbocycles. The minimum Gasteiger partial charge on any atom is -0.474 e. The van der Waals surface area contributed by atoms with Crippen LogP contribution in [0.3, 0.4) is 0 Å². The first-order chi connectivity index (χ1) is 11.4. The van der Waals surface area contributed by atoms with E-state index in [9.17, 15) is 4.79 Å². The minimum absolute atomic E-state index is 0.0158. The van der Waals surface area contributed by atoms with E-state index in [1.165, 1.54) is 11.1 Å². The third kappa shape index (κ3) is 5.99. The molecule has 0 aliphatic heterocycles. The molecule has 0 radical (unpaired) electrons. The molecule has 5 heteroatoms. The first-order valence-corrected chi connectivity index (χ1v) is 11.7. The molecule has 1 aromatic carbocycles. The Hall–Kier alpha value is -1.62. The first-order valence-electron chi connectivity index (χ1n) is 8.66. The molecule has 1 aromatic rings. The highest BCUT2D eigenvalue weighted by Gasteiger charge is 2.25. The summed E-state index contributed by atoms with van der Waals surface area (Å²) in [7, 11) is -0.742. The molecule has 140 valence electrons. The average molecular weight is 365 g/mol. The van der Waals surface area contributed by atoms with Crippen molar-refractivity contribution in [1.29, 1.82) is 0 Å². The molecule has 1 unspecified atom stereocenters. The highest BCUT2D eigenvalue weighted by Crippen LogP contribution is 2.34. The molecule has 4 nitrogen and oxygen atoms in total. The van der Waals surface area contributed by atoms with E-state index in [1.807, 2.05) is 32.9 Å². The van der Waals surface area contributed by atoms with Crippen molar-refractivity contribution in [3.05, 3.63) is 47.4 Å². The molecule has 1 aliphatic rings. The predicted octanol–water partition coefficient (Wildman–Crippen LogP) is 3.93. The van der Waals surface area contributed by atoms with Crippen molar-refractivity contribution in [2.75, 3.05) is 24.6 Å². The predicted molar refractivity (Wildman–Crippen MR) is 108 cm³/mol. The summed E-state index contributed by atoms with van der Waals surface area (Å²) >= 11 is 0. The lowest BCUT2D eigenvalue weighted by atomic mass is 10.0. The van der Waals surface area contributed by atoms with Crippen LogP contribution in [0.1, 0.15) is 54.7 Å². The molecule has 0 bridgehead atoms. The van der Waals surface area contributed by atoms with Crippen molar-refractivity contribution >= 4 is 15.9 Å². The van der Waals surface area contributed by atoms with Crippen LogP contribution in [0.15, 0.2) is 30.7 Å². The number of fused-ring (bicyclic) bond motifs is 1. The number of benzene rings is 1. The van der Waals surface area contributed by atoms with E-state index in [1.54, 1.807) is 0 Å². The molecule has 1 amide bonds. The number of nitrogens with one attached hydrogen (secondary N) is 2. The van der Waals surface area contributed by atoms with E-state index in [0.29, 0.717) is 5.88 Å². The van der Waals surface area contributed by atoms with Crippen LogP contribution in [0.4, 0.5) is 0 Å². The van der Waals surface area contributed by atoms with E-state index < -0.39 is 10.0 Å². The summed E-state index contributed by atoms with van der Waals surface area (Å²) in [5.74, 6) is 1.36. The summed E-state index contributed by atoms with van der Waals surface area (Å²) in [6, 6.07) is 6.20. The molecule has 2 rings (SSSR count). The van der Waals surface area contributed by atoms with Gasteiger partial charge in [0.1, 0.15) is 5.60 Å². The fourth-order valence-corrected chi connectivity index (χ4v) is 3.45. The Morgan fingerprint density at radius 3 is 2.60 bits per heavy atom. The smallest absolute Gasteiger partial charge is 0.251 e. The van der Waals surface area contributed by atoms with Gasteiger partial charge in [0.2, 0.25) is 0 Å². The average Bonchev–Trinajstić information content (AvgIpc) is 2.84. The highest BCUT2D eigenvalue weighted by atomic mass is 32.3. The molecule has 0 fully saturated rings. The Kier molecular flexibility index (Phi) is 5.77. The maximum Gasteiger partial charge on any atom is 0.251 e. The summed E-state index contributed by atoms with van der Waals surface area (Å²) in [6.45, 7) is 9.99. The Bertz CT molecular complexity index is 657. The summed E-state index contributed by atoms with van der Waals surface area (Å²) in [5.41, 5.74) is 2.95. The number of ether oxygens (including phenoxy) is 1. The lowest BCUT2D eigenvalue weighted by Gasteiger charge is -2.26. The van der Waals surface area contributed by atoms with Crippen molar-refractivity contribution < 1.29 is 9.53 Å². The second kappa shape index (κ2) is 7.32. The van der Waals surface area contributed by atoms with Crippen molar-refractivity contribution in [3.8, 4) is 0 Å². The van der Waals surface area contributed by atoms with Crippen LogP contribution in [0.25, 0.3) is 0 Å². The lowest BCUT2D eigenvalue weighted by molar-refractivity contribution is 0.0383. The first kappa shape index (κ1) is 19.7. The van der Waals surface area contributed by atoms with Gasteiger partial charge in [-0.3, -0.25) is 4.79 Å². The molecule has 1 atom stereocenters. The van der Waals surface area contributed by atoms with Crippen molar-refractivity contribution in [1.82, 2.24) is 10.6 Å². The van der Waals surface area contributed by atoms with Crippen LogP contribution < -0.4 is 10.6 Å². The third-order valence-electron chi connectivity index (χ3n) is 3.91. The van der Waals surface area contributed by atoms with Gasteiger partial charge in [0.05, 0.1) is 6.04 Å². The fourth-order valence-electron chi connectivity index (χ4n) is 2.89. The van der Waals surface area contributed by atoms with E-state index in [0.717, 1.165) is 24.3 Å². The summed E-state index contributed by atoms with van der Waals surface area (Å²) < 4.78 is 5.77. The molecular formula is C20H32N2O2S. The SMILES string of the molecule is C=C(NC1CCc2cc(C(=O)NCS(C)(C)C)ccc21)OC(C)(C)C. The minimum atomic E-state index is -0.742. The molecule has 25 heavy (non-hydrogen) atoms. The summed E-state index contributed by atoms with van der Waals surface area (Å²) in [6.07, 6.45) is 8.52. The molecule has 0 saturated heterocycles. The lowest BCUT2D eigenvalue weighted by Crippen LogP contribution is -2.27. The number of aryl methyl sites for hydroxylation is 1. The third-order valence-corrected chi connectivity index (χ3v) is 4.92. The van der Waals surface area contributed by atoms with Crippen LogP contribution in [-0.4, -0.2) is 36.2 Å². The number of carbonyl (C=O) groups excluding carboxylic acids is 1. The Balaban J connectivity index is 2.02. The van der Waals surface area contributed by atoms with Gasteiger partial charge in [-0.1, -0.05) is 6.07 Å². The van der Waals surface area contributed by atoms with Gasteiger partial charge in [0, 0.05) is 11.4 Å². The Labute approximate surface area is 153 Å². The number of hydrogen-bond acceptors (Lipinski definition) is 3. The second-order valence-corrected chi connectivity index (χ2v) is 13.0. The zero-order chi connectivity index (χ0) is 18.8. The van der Waals surface area contributed by atoms with Gasteiger partial charge in [-0.05, 0) is 82.2 Å². The van der Waals surface area contributed by atoms with Crippen LogP contribution in [0.2, 0.25) is 0 Å². The van der Waals surface area contributed by atoms with Gasteiger partial charge in [0.25, 0.3) is 5.91 Å². The fraction of sp³-hybridized carbons (Fsp3) is 0.550. The molecule has 0 aromatic heterocycles. The van der Waals surface area contributed by atoms with E-state index in [-0.39, 0.29) is 17.6 Å². The zero-order valence-electron chi connectivity index (χ0n) is 16.4. The maximum atomic E-state index is 12.4. The van der Waals surface area contributed by atoms with E-state index >= 15 is 0 Å². The van der Waals surface area contributed by atoms with Crippen molar-refractivity contribution in [3.63, 3.8) is 0 Å². The molecular weight excluding hydrogens is 332 g/mol. The van der Waals surface area contributed by atoms with Gasteiger partial charge < -0.3 is 15.4 Å². The van der Waals surface area contributed by atoms with Gasteiger partial charge >= 0.3 is 0 Å². The highest BCUT2D eigenvalue weighted by molar-refractivity contribution is 8.32. The molecule has 0 heterocycles.